The number of alkyl halides is 3. The Labute approximate surface area is 147 Å². The molecule has 3 rings (SSSR count). The van der Waals surface area contributed by atoms with E-state index in [9.17, 15) is 26.4 Å². The molecule has 2 aromatic rings. The van der Waals surface area contributed by atoms with Crippen molar-refractivity contribution in [1.82, 2.24) is 9.78 Å². The van der Waals surface area contributed by atoms with Crippen LogP contribution in [0.4, 0.5) is 24.5 Å². The summed E-state index contributed by atoms with van der Waals surface area (Å²) in [5.74, 6) is -0.358. The van der Waals surface area contributed by atoms with Gasteiger partial charge < -0.3 is 9.80 Å². The molecular formula is C15H15F3N4O3S. The molecule has 0 spiro atoms. The average molecular weight is 388 g/mol. The highest BCUT2D eigenvalue weighted by Gasteiger charge is 2.48. The number of sulfone groups is 1. The van der Waals surface area contributed by atoms with E-state index in [2.05, 4.69) is 5.10 Å². The Balaban J connectivity index is 1.90. The minimum Gasteiger partial charge on any atom is -0.359 e. The molecule has 1 aliphatic rings. The Kier molecular flexibility index (Phi) is 4.42. The van der Waals surface area contributed by atoms with Crippen LogP contribution in [-0.4, -0.2) is 49.2 Å². The summed E-state index contributed by atoms with van der Waals surface area (Å²) >= 11 is 0. The zero-order chi connectivity index (χ0) is 19.1. The molecular weight excluding hydrogens is 373 g/mol. The lowest BCUT2D eigenvalue weighted by molar-refractivity contribution is -0.117. The molecule has 0 unspecified atom stereocenters. The van der Waals surface area contributed by atoms with Gasteiger partial charge in [-0.3, -0.25) is 9.48 Å². The number of para-hydroxylation sites is 1. The highest BCUT2D eigenvalue weighted by molar-refractivity contribution is 7.92. The van der Waals surface area contributed by atoms with Crippen molar-refractivity contribution in [2.75, 3.05) is 29.4 Å². The zero-order valence-corrected chi connectivity index (χ0v) is 14.5. The van der Waals surface area contributed by atoms with Gasteiger partial charge in [0.1, 0.15) is 0 Å². The number of amides is 1. The molecule has 0 N–H and O–H groups in total. The fourth-order valence-electron chi connectivity index (χ4n) is 2.77. The minimum absolute atomic E-state index is 0.135. The molecule has 0 radical (unpaired) electrons. The van der Waals surface area contributed by atoms with Crippen LogP contribution in [0.25, 0.3) is 0 Å². The van der Waals surface area contributed by atoms with Gasteiger partial charge in [0.15, 0.2) is 0 Å². The molecule has 1 aliphatic heterocycles. The van der Waals surface area contributed by atoms with Crippen molar-refractivity contribution in [2.24, 2.45) is 7.05 Å². The third kappa shape index (κ3) is 3.14. The molecule has 1 fully saturated rings. The number of carbonyl (C=O) groups excluding carboxylic acids is 1. The van der Waals surface area contributed by atoms with Gasteiger partial charge in [-0.15, -0.1) is 0 Å². The maximum atomic E-state index is 12.9. The highest BCUT2D eigenvalue weighted by atomic mass is 32.2. The van der Waals surface area contributed by atoms with Crippen molar-refractivity contribution >= 4 is 27.1 Å². The third-order valence-electron chi connectivity index (χ3n) is 4.02. The Morgan fingerprint density at radius 2 is 1.85 bits per heavy atom. The van der Waals surface area contributed by atoms with Gasteiger partial charge in [0.2, 0.25) is 5.91 Å². The molecule has 0 atom stereocenters. The van der Waals surface area contributed by atoms with Gasteiger partial charge >= 0.3 is 5.51 Å². The summed E-state index contributed by atoms with van der Waals surface area (Å²) in [6, 6.07) is 4.82. The van der Waals surface area contributed by atoms with Crippen molar-refractivity contribution in [3.8, 4) is 0 Å². The molecule has 26 heavy (non-hydrogen) atoms. The molecule has 11 heteroatoms. The first-order chi connectivity index (χ1) is 12.1. The minimum atomic E-state index is -5.52. The van der Waals surface area contributed by atoms with Crippen LogP contribution in [0.1, 0.15) is 0 Å². The lowest BCUT2D eigenvalue weighted by atomic mass is 10.2. The Bertz CT molecular complexity index is 940. The lowest BCUT2D eigenvalue weighted by Crippen LogP contribution is -2.51. The normalized spacial score (nSPS) is 16.2. The molecule has 1 aromatic heterocycles. The van der Waals surface area contributed by atoms with Crippen LogP contribution >= 0.6 is 0 Å². The number of piperazine rings is 1. The molecule has 0 saturated carbocycles. The summed E-state index contributed by atoms with van der Waals surface area (Å²) < 4.78 is 64.0. The Hall–Kier alpha value is -2.56. The fourth-order valence-corrected chi connectivity index (χ4v) is 3.75. The summed E-state index contributed by atoms with van der Waals surface area (Å²) in [5.41, 5.74) is -4.97. The molecule has 2 heterocycles. The number of rotatable bonds is 3. The van der Waals surface area contributed by atoms with E-state index in [-0.39, 0.29) is 31.2 Å². The second kappa shape index (κ2) is 6.31. The van der Waals surface area contributed by atoms with Gasteiger partial charge in [-0.25, -0.2) is 8.42 Å². The van der Waals surface area contributed by atoms with Crippen LogP contribution < -0.4 is 9.80 Å². The van der Waals surface area contributed by atoms with Crippen molar-refractivity contribution in [3.05, 3.63) is 36.7 Å². The van der Waals surface area contributed by atoms with Crippen LogP contribution in [0.3, 0.4) is 0 Å². The van der Waals surface area contributed by atoms with Gasteiger partial charge in [0.25, 0.3) is 9.84 Å². The van der Waals surface area contributed by atoms with Crippen LogP contribution in [0.15, 0.2) is 41.6 Å². The second-order valence-electron chi connectivity index (χ2n) is 5.76. The molecule has 1 saturated heterocycles. The highest BCUT2D eigenvalue weighted by Crippen LogP contribution is 2.36. The fraction of sp³-hybridized carbons (Fsp3) is 0.333. The van der Waals surface area contributed by atoms with Gasteiger partial charge in [-0.2, -0.15) is 18.3 Å². The quantitative estimate of drug-likeness (QED) is 0.798. The van der Waals surface area contributed by atoms with Gasteiger partial charge in [0.05, 0.1) is 29.0 Å². The predicted molar refractivity (Wildman–Crippen MR) is 87.5 cm³/mol. The Morgan fingerprint density at radius 1 is 1.15 bits per heavy atom. The second-order valence-corrected chi connectivity index (χ2v) is 7.67. The van der Waals surface area contributed by atoms with E-state index in [1.807, 2.05) is 0 Å². The van der Waals surface area contributed by atoms with Crippen molar-refractivity contribution in [2.45, 2.75) is 10.4 Å². The SMILES string of the molecule is Cn1cc(N2CCN(c3ccccc3S(=O)(=O)C(F)(F)F)CC2=O)cn1. The van der Waals surface area contributed by atoms with E-state index < -0.39 is 20.2 Å². The summed E-state index contributed by atoms with van der Waals surface area (Å²) in [5, 5.41) is 3.98. The van der Waals surface area contributed by atoms with E-state index >= 15 is 0 Å². The Morgan fingerprint density at radius 3 is 2.42 bits per heavy atom. The smallest absolute Gasteiger partial charge is 0.359 e. The first-order valence-electron chi connectivity index (χ1n) is 7.55. The van der Waals surface area contributed by atoms with E-state index in [0.717, 1.165) is 6.07 Å². The van der Waals surface area contributed by atoms with Crippen LogP contribution in [0, 0.1) is 0 Å². The number of aromatic nitrogens is 2. The van der Waals surface area contributed by atoms with E-state index in [1.165, 1.54) is 38.9 Å². The number of halogens is 3. The number of carbonyl (C=O) groups is 1. The van der Waals surface area contributed by atoms with Crippen molar-refractivity contribution in [1.29, 1.82) is 0 Å². The van der Waals surface area contributed by atoms with Crippen LogP contribution in [0.2, 0.25) is 0 Å². The maximum Gasteiger partial charge on any atom is 0.501 e. The monoisotopic (exact) mass is 388 g/mol. The number of aryl methyl sites for hydroxylation is 1. The summed E-state index contributed by atoms with van der Waals surface area (Å²) in [7, 11) is -3.82. The number of anilines is 2. The number of hydrogen-bond acceptors (Lipinski definition) is 5. The zero-order valence-electron chi connectivity index (χ0n) is 13.6. The summed E-state index contributed by atoms with van der Waals surface area (Å²) in [6.45, 7) is 0.148. The van der Waals surface area contributed by atoms with Crippen LogP contribution in [-0.2, 0) is 21.7 Å². The molecule has 1 amide bonds. The van der Waals surface area contributed by atoms with E-state index in [0.29, 0.717) is 5.69 Å². The van der Waals surface area contributed by atoms with Crippen LogP contribution in [0.5, 0.6) is 0 Å². The first-order valence-corrected chi connectivity index (χ1v) is 9.04. The summed E-state index contributed by atoms with van der Waals surface area (Å²) in [6.07, 6.45) is 3.16. The van der Waals surface area contributed by atoms with Gasteiger partial charge in [-0.05, 0) is 12.1 Å². The largest absolute Gasteiger partial charge is 0.501 e. The molecule has 0 bridgehead atoms. The number of nitrogens with zero attached hydrogens (tertiary/aromatic N) is 4. The third-order valence-corrected chi connectivity index (χ3v) is 5.56. The topological polar surface area (TPSA) is 75.5 Å². The van der Waals surface area contributed by atoms with Crippen molar-refractivity contribution < 1.29 is 26.4 Å². The van der Waals surface area contributed by atoms with E-state index in [1.54, 1.807) is 13.2 Å². The molecule has 1 aromatic carbocycles. The van der Waals surface area contributed by atoms with Gasteiger partial charge in [0, 0.05) is 26.3 Å². The number of hydrogen-bond donors (Lipinski definition) is 0. The van der Waals surface area contributed by atoms with Gasteiger partial charge in [-0.1, -0.05) is 12.1 Å². The first kappa shape index (κ1) is 18.2. The predicted octanol–water partition coefficient (Wildman–Crippen LogP) is 1.57. The lowest BCUT2D eigenvalue weighted by Gasteiger charge is -2.35. The molecule has 140 valence electrons. The summed E-state index contributed by atoms with van der Waals surface area (Å²) in [4.78, 5) is 14.4. The standard InChI is InChI=1S/C15H15F3N4O3S/c1-20-9-11(8-19-20)22-7-6-21(10-14(22)23)12-4-2-3-5-13(12)26(24,25)15(16,17)18/h2-5,8-9H,6-7,10H2,1H3. The molecule has 0 aliphatic carbocycles. The van der Waals surface area contributed by atoms with E-state index in [4.69, 9.17) is 0 Å². The average Bonchev–Trinajstić information content (AvgIpc) is 3.00. The maximum absolute atomic E-state index is 12.9. The van der Waals surface area contributed by atoms with Crippen molar-refractivity contribution in [3.63, 3.8) is 0 Å². The number of benzene rings is 1. The molecule has 7 nitrogen and oxygen atoms in total.